The van der Waals surface area contributed by atoms with Crippen LogP contribution in [0.5, 0.6) is 0 Å². The van der Waals surface area contributed by atoms with Crippen LogP contribution in [0.4, 0.5) is 0 Å². The van der Waals surface area contributed by atoms with Crippen LogP contribution in [0, 0.1) is 0 Å². The maximum atomic E-state index is 10.6. The molecule has 0 aromatic carbocycles. The maximum absolute atomic E-state index is 10.6. The molecule has 0 aliphatic carbocycles. The van der Waals surface area contributed by atoms with Crippen molar-refractivity contribution in [2.45, 2.75) is 6.73 Å². The lowest BCUT2D eigenvalue weighted by Gasteiger charge is -2.02. The largest absolute Gasteiger partial charge is 0.401 e. The van der Waals surface area contributed by atoms with Crippen molar-refractivity contribution >= 4 is 10.4 Å². The molecule has 7 heteroatoms. The van der Waals surface area contributed by atoms with E-state index in [1.54, 1.807) is 6.20 Å². The van der Waals surface area contributed by atoms with Crippen LogP contribution in [-0.2, 0) is 25.5 Å². The lowest BCUT2D eigenvalue weighted by atomic mass is 10.9. The van der Waals surface area contributed by atoms with Gasteiger partial charge in [0.25, 0.3) is 0 Å². The van der Waals surface area contributed by atoms with E-state index in [1.165, 1.54) is 17.1 Å². The van der Waals surface area contributed by atoms with E-state index in [0.29, 0.717) is 0 Å². The first-order valence-electron chi connectivity index (χ1n) is 3.05. The molecule has 6 nitrogen and oxygen atoms in total. The lowest BCUT2D eigenvalue weighted by Crippen LogP contribution is -2.10. The number of hydrogen-bond donors (Lipinski definition) is 0. The van der Waals surface area contributed by atoms with Gasteiger partial charge in [-0.2, -0.15) is 8.42 Å². The number of imidazole rings is 1. The monoisotopic (exact) mass is 192 g/mol. The molecule has 0 aliphatic heterocycles. The Morgan fingerprint density at radius 2 is 2.33 bits per heavy atom. The quantitative estimate of drug-likeness (QED) is 0.657. The Bertz CT molecular complexity index is 317. The average molecular weight is 192 g/mol. The smallest absolute Gasteiger partial charge is 0.312 e. The van der Waals surface area contributed by atoms with Crippen LogP contribution in [0.2, 0.25) is 0 Å². The summed E-state index contributed by atoms with van der Waals surface area (Å²) in [5, 5.41) is 0. The topological polar surface area (TPSA) is 70.4 Å². The van der Waals surface area contributed by atoms with Crippen LogP contribution in [0.1, 0.15) is 0 Å². The van der Waals surface area contributed by atoms with Gasteiger partial charge in [0.2, 0.25) is 0 Å². The molecule has 1 heterocycles. The highest BCUT2D eigenvalue weighted by Gasteiger charge is 2.07. The standard InChI is InChI=1S/C5H8N2O4S/c1-10-12(8,9)11-5-7-3-2-6-4-7/h2-4H,5H2,1H3. The molecule has 1 aromatic heterocycles. The van der Waals surface area contributed by atoms with Crippen LogP contribution < -0.4 is 0 Å². The van der Waals surface area contributed by atoms with Gasteiger partial charge in [0.05, 0.1) is 13.4 Å². The van der Waals surface area contributed by atoms with Gasteiger partial charge in [0.1, 0.15) is 6.73 Å². The fraction of sp³-hybridized carbons (Fsp3) is 0.400. The van der Waals surface area contributed by atoms with E-state index in [0.717, 1.165) is 7.11 Å². The van der Waals surface area contributed by atoms with Crippen LogP contribution in [0.15, 0.2) is 18.7 Å². The summed E-state index contributed by atoms with van der Waals surface area (Å²) in [7, 11) is -2.81. The van der Waals surface area contributed by atoms with Gasteiger partial charge >= 0.3 is 10.4 Å². The normalized spacial score (nSPS) is 11.8. The molecule has 0 saturated carbocycles. The number of rotatable bonds is 4. The molecular formula is C5H8N2O4S. The molecule has 1 rings (SSSR count). The molecular weight excluding hydrogens is 184 g/mol. The summed E-state index contributed by atoms with van der Waals surface area (Å²) in [6, 6.07) is 0. The van der Waals surface area contributed by atoms with Gasteiger partial charge in [-0.05, 0) is 0 Å². The van der Waals surface area contributed by atoms with E-state index in [9.17, 15) is 8.42 Å². The molecule has 0 unspecified atom stereocenters. The summed E-state index contributed by atoms with van der Waals surface area (Å²) in [6.07, 6.45) is 4.53. The van der Waals surface area contributed by atoms with Gasteiger partial charge in [-0.15, -0.1) is 0 Å². The molecule has 0 saturated heterocycles. The van der Waals surface area contributed by atoms with Crippen molar-refractivity contribution in [3.8, 4) is 0 Å². The van der Waals surface area contributed by atoms with Crippen LogP contribution in [-0.4, -0.2) is 25.1 Å². The molecule has 68 valence electrons. The SMILES string of the molecule is COS(=O)(=O)OCn1ccnc1. The predicted octanol–water partition coefficient (Wildman–Crippen LogP) is -0.252. The first-order valence-corrected chi connectivity index (χ1v) is 4.38. The zero-order chi connectivity index (χ0) is 9.03. The van der Waals surface area contributed by atoms with E-state index >= 15 is 0 Å². The summed E-state index contributed by atoms with van der Waals surface area (Å²) >= 11 is 0. The Hall–Kier alpha value is -0.920. The molecule has 12 heavy (non-hydrogen) atoms. The van der Waals surface area contributed by atoms with Crippen molar-refractivity contribution in [3.63, 3.8) is 0 Å². The molecule has 0 N–H and O–H groups in total. The van der Waals surface area contributed by atoms with Gasteiger partial charge in [-0.25, -0.2) is 9.17 Å². The minimum atomic E-state index is -3.84. The Morgan fingerprint density at radius 3 is 2.83 bits per heavy atom. The third-order valence-electron chi connectivity index (χ3n) is 1.11. The highest BCUT2D eigenvalue weighted by Crippen LogP contribution is 1.95. The van der Waals surface area contributed by atoms with Gasteiger partial charge in [-0.3, -0.25) is 4.18 Å². The summed E-state index contributed by atoms with van der Waals surface area (Å²) in [5.41, 5.74) is 0. The van der Waals surface area contributed by atoms with E-state index in [1.807, 2.05) is 0 Å². The third-order valence-corrected chi connectivity index (χ3v) is 1.91. The van der Waals surface area contributed by atoms with Crippen LogP contribution in [0.3, 0.4) is 0 Å². The summed E-state index contributed by atoms with van der Waals surface area (Å²) in [4.78, 5) is 3.70. The van der Waals surface area contributed by atoms with E-state index in [-0.39, 0.29) is 6.73 Å². The highest BCUT2D eigenvalue weighted by atomic mass is 32.3. The zero-order valence-electron chi connectivity index (χ0n) is 6.37. The first-order chi connectivity index (χ1) is 5.64. The highest BCUT2D eigenvalue weighted by molar-refractivity contribution is 7.81. The average Bonchev–Trinajstić information content (AvgIpc) is 2.53. The van der Waals surface area contributed by atoms with Crippen molar-refractivity contribution in [2.24, 2.45) is 0 Å². The minimum Gasteiger partial charge on any atom is -0.312 e. The van der Waals surface area contributed by atoms with E-state index in [2.05, 4.69) is 13.4 Å². The third kappa shape index (κ3) is 2.61. The van der Waals surface area contributed by atoms with Crippen molar-refractivity contribution < 1.29 is 16.8 Å². The Balaban J connectivity index is 2.47. The van der Waals surface area contributed by atoms with Crippen LogP contribution in [0.25, 0.3) is 0 Å². The fourth-order valence-electron chi connectivity index (χ4n) is 0.537. The Morgan fingerprint density at radius 1 is 1.58 bits per heavy atom. The molecule has 1 aromatic rings. The molecule has 0 atom stereocenters. The fourth-order valence-corrected chi connectivity index (χ4v) is 0.884. The predicted molar refractivity (Wildman–Crippen MR) is 39.2 cm³/mol. The van der Waals surface area contributed by atoms with E-state index in [4.69, 9.17) is 0 Å². The molecule has 0 spiro atoms. The molecule has 0 aliphatic rings. The zero-order valence-corrected chi connectivity index (χ0v) is 7.19. The summed E-state index contributed by atoms with van der Waals surface area (Å²) in [5.74, 6) is 0. The molecule has 0 fully saturated rings. The van der Waals surface area contributed by atoms with Crippen molar-refractivity contribution in [1.29, 1.82) is 0 Å². The molecule has 0 amide bonds. The molecule has 0 radical (unpaired) electrons. The minimum absolute atomic E-state index is 0.129. The van der Waals surface area contributed by atoms with Crippen molar-refractivity contribution in [3.05, 3.63) is 18.7 Å². The second-order valence-electron chi connectivity index (χ2n) is 1.90. The second kappa shape index (κ2) is 3.65. The summed E-state index contributed by atoms with van der Waals surface area (Å²) in [6.45, 7) is -0.129. The Kier molecular flexibility index (Phi) is 2.79. The second-order valence-corrected chi connectivity index (χ2v) is 3.28. The summed E-state index contributed by atoms with van der Waals surface area (Å²) < 4.78 is 31.1. The number of aromatic nitrogens is 2. The maximum Gasteiger partial charge on any atom is 0.401 e. The number of nitrogens with zero attached hydrogens (tertiary/aromatic N) is 2. The molecule has 0 bridgehead atoms. The van der Waals surface area contributed by atoms with Crippen molar-refractivity contribution in [1.82, 2.24) is 9.55 Å². The van der Waals surface area contributed by atoms with Crippen LogP contribution >= 0.6 is 0 Å². The van der Waals surface area contributed by atoms with E-state index < -0.39 is 10.4 Å². The van der Waals surface area contributed by atoms with Gasteiger partial charge in [0, 0.05) is 12.4 Å². The number of hydrogen-bond acceptors (Lipinski definition) is 5. The lowest BCUT2D eigenvalue weighted by molar-refractivity contribution is 0.194. The Labute approximate surface area is 70.1 Å². The first kappa shape index (κ1) is 9.17. The van der Waals surface area contributed by atoms with Crippen molar-refractivity contribution in [2.75, 3.05) is 7.11 Å². The van der Waals surface area contributed by atoms with Gasteiger partial charge in [0.15, 0.2) is 0 Å². The van der Waals surface area contributed by atoms with Gasteiger partial charge < -0.3 is 4.57 Å². The van der Waals surface area contributed by atoms with Gasteiger partial charge in [-0.1, -0.05) is 0 Å².